The van der Waals surface area contributed by atoms with Gasteiger partial charge in [-0.25, -0.2) is 0 Å². The summed E-state index contributed by atoms with van der Waals surface area (Å²) >= 11 is 11.1. The highest BCUT2D eigenvalue weighted by Gasteiger charge is 2.29. The van der Waals surface area contributed by atoms with Crippen LogP contribution in [-0.4, -0.2) is 5.11 Å². The van der Waals surface area contributed by atoms with Gasteiger partial charge in [-0.3, -0.25) is 0 Å². The number of alkyl halides is 3. The largest absolute Gasteiger partial charge is 0.416 e. The van der Waals surface area contributed by atoms with Gasteiger partial charge in [0.25, 0.3) is 0 Å². The Hall–Kier alpha value is -1.79. The molecule has 23 heavy (non-hydrogen) atoms. The van der Waals surface area contributed by atoms with Gasteiger partial charge in [-0.1, -0.05) is 23.7 Å². The van der Waals surface area contributed by atoms with E-state index in [1.54, 1.807) is 6.07 Å². The van der Waals surface area contributed by atoms with Crippen LogP contribution in [-0.2, 0) is 12.7 Å². The van der Waals surface area contributed by atoms with Gasteiger partial charge in [0, 0.05) is 17.3 Å². The van der Waals surface area contributed by atoms with E-state index >= 15 is 0 Å². The van der Waals surface area contributed by atoms with Crippen LogP contribution in [0.15, 0.2) is 42.5 Å². The molecule has 0 fully saturated rings. The summed E-state index contributed by atoms with van der Waals surface area (Å²) in [6.45, 7) is 2.23. The van der Waals surface area contributed by atoms with E-state index in [-0.39, 0.29) is 0 Å². The van der Waals surface area contributed by atoms with E-state index in [0.717, 1.165) is 23.4 Å². The molecule has 0 aliphatic heterocycles. The molecule has 0 bridgehead atoms. The zero-order valence-corrected chi connectivity index (χ0v) is 13.7. The molecule has 0 saturated heterocycles. The number of rotatable bonds is 3. The molecule has 0 amide bonds. The van der Waals surface area contributed by atoms with Gasteiger partial charge in [0.15, 0.2) is 5.11 Å². The second-order valence-corrected chi connectivity index (χ2v) is 5.81. The highest BCUT2D eigenvalue weighted by atomic mass is 35.5. The fraction of sp³-hybridized carbons (Fsp3) is 0.188. The van der Waals surface area contributed by atoms with Gasteiger partial charge in [0.1, 0.15) is 0 Å². The highest BCUT2D eigenvalue weighted by Crippen LogP contribution is 2.29. The molecular weight excluding hydrogens is 345 g/mol. The smallest absolute Gasteiger partial charge is 0.358 e. The monoisotopic (exact) mass is 358 g/mol. The Morgan fingerprint density at radius 2 is 1.78 bits per heavy atom. The molecule has 0 aliphatic carbocycles. The first-order chi connectivity index (χ1) is 10.8. The third-order valence-corrected chi connectivity index (χ3v) is 3.65. The van der Waals surface area contributed by atoms with E-state index < -0.39 is 11.7 Å². The van der Waals surface area contributed by atoms with Gasteiger partial charge >= 0.3 is 6.18 Å². The maximum absolute atomic E-state index is 12.5. The van der Waals surface area contributed by atoms with E-state index in [1.807, 2.05) is 19.1 Å². The van der Waals surface area contributed by atoms with E-state index in [4.69, 9.17) is 23.8 Å². The number of benzene rings is 2. The van der Waals surface area contributed by atoms with Crippen LogP contribution in [0.5, 0.6) is 0 Å². The van der Waals surface area contributed by atoms with Gasteiger partial charge in [-0.15, -0.1) is 0 Å². The molecule has 122 valence electrons. The van der Waals surface area contributed by atoms with Gasteiger partial charge in [-0.2, -0.15) is 13.2 Å². The molecule has 2 N–H and O–H groups in total. The maximum Gasteiger partial charge on any atom is 0.416 e. The second-order valence-electron chi connectivity index (χ2n) is 4.96. The summed E-state index contributed by atoms with van der Waals surface area (Å²) < 4.78 is 37.5. The number of aryl methyl sites for hydroxylation is 1. The summed E-state index contributed by atoms with van der Waals surface area (Å²) in [5.41, 5.74) is 1.80. The molecule has 0 saturated carbocycles. The van der Waals surface area contributed by atoms with Crippen LogP contribution in [0.1, 0.15) is 16.7 Å². The highest BCUT2D eigenvalue weighted by molar-refractivity contribution is 7.80. The first kappa shape index (κ1) is 17.6. The van der Waals surface area contributed by atoms with E-state index in [9.17, 15) is 13.2 Å². The Bertz CT molecular complexity index is 699. The van der Waals surface area contributed by atoms with Crippen molar-refractivity contribution in [3.05, 3.63) is 64.2 Å². The van der Waals surface area contributed by atoms with Crippen LogP contribution >= 0.6 is 23.8 Å². The van der Waals surface area contributed by atoms with Crippen molar-refractivity contribution in [2.24, 2.45) is 0 Å². The number of hydrogen-bond donors (Lipinski definition) is 2. The van der Waals surface area contributed by atoms with E-state index in [2.05, 4.69) is 10.6 Å². The average molecular weight is 359 g/mol. The molecule has 0 aromatic heterocycles. The van der Waals surface area contributed by atoms with Gasteiger partial charge in [0.2, 0.25) is 0 Å². The van der Waals surface area contributed by atoms with Crippen LogP contribution in [0.2, 0.25) is 5.02 Å². The maximum atomic E-state index is 12.5. The molecule has 2 aromatic rings. The summed E-state index contributed by atoms with van der Waals surface area (Å²) in [4.78, 5) is 0. The number of halogens is 4. The fourth-order valence-electron chi connectivity index (χ4n) is 1.93. The predicted octanol–water partition coefficient (Wildman–Crippen LogP) is 5.15. The van der Waals surface area contributed by atoms with Gasteiger partial charge < -0.3 is 10.6 Å². The minimum Gasteiger partial charge on any atom is -0.358 e. The summed E-state index contributed by atoms with van der Waals surface area (Å²) in [6, 6.07) is 10.3. The van der Waals surface area contributed by atoms with Crippen molar-refractivity contribution in [3.8, 4) is 0 Å². The van der Waals surface area contributed by atoms with Crippen LogP contribution < -0.4 is 10.6 Å². The van der Waals surface area contributed by atoms with Crippen LogP contribution in [0.25, 0.3) is 0 Å². The molecule has 2 rings (SSSR count). The molecule has 0 atom stereocenters. The lowest BCUT2D eigenvalue weighted by Gasteiger charge is -2.13. The SMILES string of the molecule is Cc1cc(Cl)ccc1NC(=S)NCc1ccc(C(F)(F)F)cc1. The normalized spacial score (nSPS) is 11.2. The molecule has 2 nitrogen and oxygen atoms in total. The standard InChI is InChI=1S/C16H14ClF3N2S/c1-10-8-13(17)6-7-14(10)22-15(23)21-9-11-2-4-12(5-3-11)16(18,19)20/h2-8H,9H2,1H3,(H2,21,22,23). The van der Waals surface area contributed by atoms with Crippen molar-refractivity contribution in [3.63, 3.8) is 0 Å². The van der Waals surface area contributed by atoms with Crippen LogP contribution in [0.4, 0.5) is 18.9 Å². The molecule has 0 spiro atoms. The Morgan fingerprint density at radius 3 is 2.35 bits per heavy atom. The number of hydrogen-bond acceptors (Lipinski definition) is 1. The topological polar surface area (TPSA) is 24.1 Å². The van der Waals surface area contributed by atoms with Gasteiger partial charge in [-0.05, 0) is 60.6 Å². The van der Waals surface area contributed by atoms with E-state index in [0.29, 0.717) is 22.2 Å². The van der Waals surface area contributed by atoms with Crippen molar-refractivity contribution in [1.29, 1.82) is 0 Å². The summed E-state index contributed by atoms with van der Waals surface area (Å²) in [6.07, 6.45) is -4.32. The Balaban J connectivity index is 1.91. The summed E-state index contributed by atoms with van der Waals surface area (Å²) in [5.74, 6) is 0. The third kappa shape index (κ3) is 5.11. The second kappa shape index (κ2) is 7.19. The molecule has 7 heteroatoms. The lowest BCUT2D eigenvalue weighted by Crippen LogP contribution is -2.28. The Kier molecular flexibility index (Phi) is 5.49. The fourth-order valence-corrected chi connectivity index (χ4v) is 2.34. The first-order valence-corrected chi connectivity index (χ1v) is 7.51. The van der Waals surface area contributed by atoms with Crippen molar-refractivity contribution >= 4 is 34.6 Å². The minimum atomic E-state index is -4.32. The van der Waals surface area contributed by atoms with Crippen molar-refractivity contribution in [1.82, 2.24) is 5.32 Å². The molecule has 0 unspecified atom stereocenters. The predicted molar refractivity (Wildman–Crippen MR) is 90.7 cm³/mol. The van der Waals surface area contributed by atoms with Crippen LogP contribution in [0.3, 0.4) is 0 Å². The lowest BCUT2D eigenvalue weighted by molar-refractivity contribution is -0.137. The number of thiocarbonyl (C=S) groups is 1. The zero-order chi connectivity index (χ0) is 17.0. The molecule has 0 heterocycles. The quantitative estimate of drug-likeness (QED) is 0.742. The molecule has 2 aromatic carbocycles. The Labute approximate surface area is 142 Å². The van der Waals surface area contributed by atoms with Crippen molar-refractivity contribution < 1.29 is 13.2 Å². The number of nitrogens with one attached hydrogen (secondary N) is 2. The summed E-state index contributed by atoms with van der Waals surface area (Å²) in [5, 5.41) is 7.00. The van der Waals surface area contributed by atoms with Crippen molar-refractivity contribution in [2.75, 3.05) is 5.32 Å². The zero-order valence-electron chi connectivity index (χ0n) is 12.2. The Morgan fingerprint density at radius 1 is 1.13 bits per heavy atom. The van der Waals surface area contributed by atoms with Crippen molar-refractivity contribution in [2.45, 2.75) is 19.6 Å². The molecular formula is C16H14ClF3N2S. The van der Waals surface area contributed by atoms with Gasteiger partial charge in [0.05, 0.1) is 5.56 Å². The summed E-state index contributed by atoms with van der Waals surface area (Å²) in [7, 11) is 0. The third-order valence-electron chi connectivity index (χ3n) is 3.17. The number of anilines is 1. The molecule has 0 aliphatic rings. The minimum absolute atomic E-state index is 0.330. The molecule has 0 radical (unpaired) electrons. The average Bonchev–Trinajstić information content (AvgIpc) is 2.47. The first-order valence-electron chi connectivity index (χ1n) is 6.73. The van der Waals surface area contributed by atoms with Crippen LogP contribution in [0, 0.1) is 6.92 Å². The van der Waals surface area contributed by atoms with E-state index in [1.165, 1.54) is 12.1 Å². The lowest BCUT2D eigenvalue weighted by atomic mass is 10.1.